The molecule has 0 aliphatic carbocycles. The number of carbonyl (C=O) groups is 1. The lowest BCUT2D eigenvalue weighted by molar-refractivity contribution is -0.117. The van der Waals surface area contributed by atoms with Crippen molar-refractivity contribution in [1.29, 1.82) is 0 Å². The standard InChI is InChI=1S/C18H26N4O/c1-12-7-13(2)9-16(8-12)19-18(23)11-21(5)10-17-14(3)20-22(6)15(17)4/h7-9H,10-11H2,1-6H3,(H,19,23). The Balaban J connectivity index is 1.97. The zero-order valence-corrected chi connectivity index (χ0v) is 14.9. The molecule has 2 rings (SSSR count). The highest BCUT2D eigenvalue weighted by Crippen LogP contribution is 2.15. The molecule has 5 nitrogen and oxygen atoms in total. The average Bonchev–Trinajstić information content (AvgIpc) is 2.63. The molecule has 1 aromatic heterocycles. The normalized spacial score (nSPS) is 11.1. The molecule has 1 aromatic carbocycles. The number of nitrogens with zero attached hydrogens (tertiary/aromatic N) is 3. The van der Waals surface area contributed by atoms with E-state index in [4.69, 9.17) is 0 Å². The van der Waals surface area contributed by atoms with Crippen LogP contribution in [-0.2, 0) is 18.4 Å². The molecule has 0 spiro atoms. The number of anilines is 1. The van der Waals surface area contributed by atoms with Crippen LogP contribution in [0.1, 0.15) is 28.1 Å². The molecule has 0 fully saturated rings. The smallest absolute Gasteiger partial charge is 0.238 e. The molecular formula is C18H26N4O. The van der Waals surface area contributed by atoms with E-state index in [1.165, 1.54) is 5.56 Å². The number of hydrogen-bond acceptors (Lipinski definition) is 3. The van der Waals surface area contributed by atoms with E-state index >= 15 is 0 Å². The molecule has 1 amide bonds. The lowest BCUT2D eigenvalue weighted by Crippen LogP contribution is -2.30. The highest BCUT2D eigenvalue weighted by molar-refractivity contribution is 5.92. The van der Waals surface area contributed by atoms with Crippen molar-refractivity contribution in [2.24, 2.45) is 7.05 Å². The number of likely N-dealkylation sites (N-methyl/N-ethyl adjacent to an activating group) is 1. The van der Waals surface area contributed by atoms with Gasteiger partial charge in [-0.05, 0) is 58.0 Å². The van der Waals surface area contributed by atoms with Crippen molar-refractivity contribution in [1.82, 2.24) is 14.7 Å². The van der Waals surface area contributed by atoms with Crippen LogP contribution in [0.2, 0.25) is 0 Å². The lowest BCUT2D eigenvalue weighted by Gasteiger charge is -2.17. The minimum Gasteiger partial charge on any atom is -0.325 e. The van der Waals surface area contributed by atoms with E-state index in [1.807, 2.05) is 56.6 Å². The van der Waals surface area contributed by atoms with Crippen LogP contribution >= 0.6 is 0 Å². The molecule has 5 heteroatoms. The predicted octanol–water partition coefficient (Wildman–Crippen LogP) is 2.72. The summed E-state index contributed by atoms with van der Waals surface area (Å²) in [5, 5.41) is 7.39. The molecule has 2 aromatic rings. The number of amides is 1. The van der Waals surface area contributed by atoms with Crippen LogP contribution in [0.25, 0.3) is 0 Å². The number of hydrogen-bond donors (Lipinski definition) is 1. The minimum atomic E-state index is -0.00306. The van der Waals surface area contributed by atoms with E-state index in [1.54, 1.807) is 0 Å². The number of aromatic nitrogens is 2. The van der Waals surface area contributed by atoms with Crippen molar-refractivity contribution in [2.75, 3.05) is 18.9 Å². The highest BCUT2D eigenvalue weighted by Gasteiger charge is 2.14. The van der Waals surface area contributed by atoms with Gasteiger partial charge in [-0.25, -0.2) is 0 Å². The van der Waals surface area contributed by atoms with Gasteiger partial charge in [-0.15, -0.1) is 0 Å². The molecule has 0 radical (unpaired) electrons. The van der Waals surface area contributed by atoms with Gasteiger partial charge in [0, 0.05) is 30.5 Å². The molecule has 23 heavy (non-hydrogen) atoms. The SMILES string of the molecule is Cc1cc(C)cc(NC(=O)CN(C)Cc2c(C)nn(C)c2C)c1. The van der Waals surface area contributed by atoms with E-state index in [2.05, 4.69) is 23.4 Å². The van der Waals surface area contributed by atoms with E-state index < -0.39 is 0 Å². The second-order valence-electron chi connectivity index (χ2n) is 6.37. The second-order valence-corrected chi connectivity index (χ2v) is 6.37. The fourth-order valence-electron chi connectivity index (χ4n) is 2.86. The topological polar surface area (TPSA) is 50.2 Å². The Labute approximate surface area is 138 Å². The first-order valence-corrected chi connectivity index (χ1v) is 7.82. The van der Waals surface area contributed by atoms with Crippen molar-refractivity contribution < 1.29 is 4.79 Å². The van der Waals surface area contributed by atoms with Gasteiger partial charge in [-0.2, -0.15) is 5.10 Å². The monoisotopic (exact) mass is 314 g/mol. The Kier molecular flexibility index (Phi) is 5.21. The van der Waals surface area contributed by atoms with E-state index in [-0.39, 0.29) is 5.91 Å². The van der Waals surface area contributed by atoms with E-state index in [0.29, 0.717) is 13.1 Å². The van der Waals surface area contributed by atoms with Gasteiger partial charge < -0.3 is 5.32 Å². The maximum Gasteiger partial charge on any atom is 0.238 e. The maximum absolute atomic E-state index is 12.2. The Bertz CT molecular complexity index is 698. The Morgan fingerprint density at radius 3 is 2.30 bits per heavy atom. The number of rotatable bonds is 5. The molecule has 1 heterocycles. The van der Waals surface area contributed by atoms with Gasteiger partial charge in [0.05, 0.1) is 12.2 Å². The molecule has 0 bridgehead atoms. The lowest BCUT2D eigenvalue weighted by atomic mass is 10.1. The summed E-state index contributed by atoms with van der Waals surface area (Å²) >= 11 is 0. The van der Waals surface area contributed by atoms with E-state index in [9.17, 15) is 4.79 Å². The summed E-state index contributed by atoms with van der Waals surface area (Å²) in [6.45, 7) is 9.18. The van der Waals surface area contributed by atoms with Crippen molar-refractivity contribution in [3.63, 3.8) is 0 Å². The van der Waals surface area contributed by atoms with Crippen LogP contribution in [0.4, 0.5) is 5.69 Å². The van der Waals surface area contributed by atoms with E-state index in [0.717, 1.165) is 28.2 Å². The summed E-state index contributed by atoms with van der Waals surface area (Å²) in [6.07, 6.45) is 0. The van der Waals surface area contributed by atoms with Crippen molar-refractivity contribution in [3.8, 4) is 0 Å². The van der Waals surface area contributed by atoms with Gasteiger partial charge in [0.1, 0.15) is 0 Å². The van der Waals surface area contributed by atoms with Crippen molar-refractivity contribution in [3.05, 3.63) is 46.3 Å². The molecule has 0 saturated heterocycles. The first-order valence-electron chi connectivity index (χ1n) is 7.82. The summed E-state index contributed by atoms with van der Waals surface area (Å²) in [4.78, 5) is 14.2. The van der Waals surface area contributed by atoms with Gasteiger partial charge in [0.15, 0.2) is 0 Å². The first kappa shape index (κ1) is 17.2. The van der Waals surface area contributed by atoms with Gasteiger partial charge in [-0.1, -0.05) is 6.07 Å². The van der Waals surface area contributed by atoms with Gasteiger partial charge in [0.2, 0.25) is 5.91 Å². The Morgan fingerprint density at radius 1 is 1.17 bits per heavy atom. The number of benzene rings is 1. The van der Waals surface area contributed by atoms with Crippen LogP contribution in [0, 0.1) is 27.7 Å². The third-order valence-electron chi connectivity index (χ3n) is 4.01. The molecule has 0 aliphatic heterocycles. The number of aryl methyl sites for hydroxylation is 4. The summed E-state index contributed by atoms with van der Waals surface area (Å²) in [5.41, 5.74) is 6.50. The summed E-state index contributed by atoms with van der Waals surface area (Å²) in [5.74, 6) is -0.00306. The molecular weight excluding hydrogens is 288 g/mol. The highest BCUT2D eigenvalue weighted by atomic mass is 16.2. The van der Waals surface area contributed by atoms with Crippen LogP contribution < -0.4 is 5.32 Å². The zero-order valence-electron chi connectivity index (χ0n) is 14.9. The van der Waals surface area contributed by atoms with Gasteiger partial charge in [-0.3, -0.25) is 14.4 Å². The third-order valence-corrected chi connectivity index (χ3v) is 4.01. The number of carbonyl (C=O) groups excluding carboxylic acids is 1. The van der Waals surface area contributed by atoms with Gasteiger partial charge in [0.25, 0.3) is 0 Å². The predicted molar refractivity (Wildman–Crippen MR) is 93.6 cm³/mol. The quantitative estimate of drug-likeness (QED) is 0.923. The fourth-order valence-corrected chi connectivity index (χ4v) is 2.86. The summed E-state index contributed by atoms with van der Waals surface area (Å²) < 4.78 is 1.88. The third kappa shape index (κ3) is 4.42. The first-order chi connectivity index (χ1) is 10.8. The molecule has 0 aliphatic rings. The molecule has 0 unspecified atom stereocenters. The Hall–Kier alpha value is -2.14. The van der Waals surface area contributed by atoms with Crippen molar-refractivity contribution >= 4 is 11.6 Å². The summed E-state index contributed by atoms with van der Waals surface area (Å²) in [7, 11) is 3.89. The fraction of sp³-hybridized carbons (Fsp3) is 0.444. The molecule has 124 valence electrons. The van der Waals surface area contributed by atoms with Crippen LogP contribution in [0.3, 0.4) is 0 Å². The van der Waals surface area contributed by atoms with Crippen LogP contribution in [0.15, 0.2) is 18.2 Å². The maximum atomic E-state index is 12.2. The largest absolute Gasteiger partial charge is 0.325 e. The summed E-state index contributed by atoms with van der Waals surface area (Å²) in [6, 6.07) is 6.07. The minimum absolute atomic E-state index is 0.00306. The van der Waals surface area contributed by atoms with Gasteiger partial charge >= 0.3 is 0 Å². The van der Waals surface area contributed by atoms with Crippen LogP contribution in [-0.4, -0.2) is 34.2 Å². The second kappa shape index (κ2) is 6.96. The number of nitrogens with one attached hydrogen (secondary N) is 1. The molecule has 0 atom stereocenters. The average molecular weight is 314 g/mol. The van der Waals surface area contributed by atoms with Crippen LogP contribution in [0.5, 0.6) is 0 Å². The molecule has 0 saturated carbocycles. The Morgan fingerprint density at radius 2 is 1.78 bits per heavy atom. The molecule has 1 N–H and O–H groups in total. The zero-order chi connectivity index (χ0) is 17.1. The van der Waals surface area contributed by atoms with Crippen molar-refractivity contribution in [2.45, 2.75) is 34.2 Å².